The zero-order chi connectivity index (χ0) is 2.83. The Kier molecular flexibility index (Phi) is 2.02. The zero-order valence-electron chi connectivity index (χ0n) is 2.31. The Bertz CT molecular complexity index is 44.0. The van der Waals surface area contributed by atoms with Crippen molar-refractivity contribution in [1.29, 1.82) is 0 Å². The van der Waals surface area contributed by atoms with Crippen LogP contribution in [0.15, 0.2) is 11.8 Å². The van der Waals surface area contributed by atoms with Gasteiger partial charge in [-0.15, -0.1) is 0 Å². The number of rotatable bonds is 0. The second kappa shape index (κ2) is 2.09. The molecule has 0 radical (unpaired) electrons. The lowest BCUT2D eigenvalue weighted by atomic mass is 10.7. The van der Waals surface area contributed by atoms with E-state index in [2.05, 4.69) is 17.4 Å². The van der Waals surface area contributed by atoms with Gasteiger partial charge in [-0.1, -0.05) is 24.9 Å². The molecule has 0 spiro atoms. The molecule has 1 heterocycles. The van der Waals surface area contributed by atoms with Gasteiger partial charge in [-0.05, 0) is 0 Å². The standard InChI is InChI=1S/C3H4Si.CH4/c1-2-4-3-1;/h1-4H;1H4. The van der Waals surface area contributed by atoms with E-state index >= 15 is 0 Å². The molecule has 0 saturated carbocycles. The van der Waals surface area contributed by atoms with Crippen molar-refractivity contribution in [3.8, 4) is 0 Å². The van der Waals surface area contributed by atoms with Crippen LogP contribution in [0.25, 0.3) is 0 Å². The van der Waals surface area contributed by atoms with Crippen LogP contribution in [-0.2, 0) is 0 Å². The van der Waals surface area contributed by atoms with Gasteiger partial charge in [0, 0.05) is 9.13 Å². The molecular weight excluding hydrogens is 76.1 g/mol. The first-order valence-corrected chi connectivity index (χ1v) is 2.67. The van der Waals surface area contributed by atoms with Crippen LogP contribution in [0.1, 0.15) is 7.43 Å². The molecular formula is C4H8Si. The van der Waals surface area contributed by atoms with Gasteiger partial charge < -0.3 is 0 Å². The molecule has 1 rings (SSSR count). The van der Waals surface area contributed by atoms with Crippen molar-refractivity contribution in [2.24, 2.45) is 0 Å². The maximum absolute atomic E-state index is 2.21. The Hall–Kier alpha value is -0.173. The van der Waals surface area contributed by atoms with Crippen LogP contribution < -0.4 is 0 Å². The summed E-state index contributed by atoms with van der Waals surface area (Å²) >= 11 is 0. The molecule has 0 aromatic heterocycles. The van der Waals surface area contributed by atoms with Gasteiger partial charge in [-0.2, -0.15) is 0 Å². The maximum Gasteiger partial charge on any atom is 0.0197 e. The van der Waals surface area contributed by atoms with Crippen LogP contribution in [0, 0.1) is 0 Å². The predicted molar refractivity (Wildman–Crippen MR) is 29.1 cm³/mol. The van der Waals surface area contributed by atoms with E-state index in [1.165, 1.54) is 0 Å². The van der Waals surface area contributed by atoms with Crippen LogP contribution in [0.4, 0.5) is 0 Å². The molecule has 28 valence electrons. The van der Waals surface area contributed by atoms with Gasteiger partial charge in [0.15, 0.2) is 0 Å². The number of allylic oxidation sites excluding steroid dienone is 1. The highest BCUT2D eigenvalue weighted by Gasteiger charge is 1.66. The summed E-state index contributed by atoms with van der Waals surface area (Å²) in [6.45, 7) is 0. The normalized spacial score (nSPS) is 12.8. The molecule has 0 atom stereocenters. The third-order valence-electron chi connectivity index (χ3n) is 0.444. The molecule has 0 fully saturated rings. The van der Waals surface area contributed by atoms with E-state index in [0.717, 1.165) is 0 Å². The lowest BCUT2D eigenvalue weighted by Gasteiger charge is -1.76. The first-order chi connectivity index (χ1) is 2.00. The molecule has 1 aliphatic heterocycles. The third kappa shape index (κ3) is 0.872. The first-order valence-electron chi connectivity index (χ1n) is 1.33. The average Bonchev–Trinajstić information content (AvgIpc) is 0.722. The van der Waals surface area contributed by atoms with E-state index in [4.69, 9.17) is 0 Å². The molecule has 0 aromatic rings. The number of hydrogen-bond acceptors (Lipinski definition) is 0. The lowest BCUT2D eigenvalue weighted by Crippen LogP contribution is -1.82. The first kappa shape index (κ1) is 4.83. The van der Waals surface area contributed by atoms with E-state index in [1.807, 2.05) is 0 Å². The molecule has 1 heteroatoms. The molecule has 0 amide bonds. The third-order valence-corrected chi connectivity index (χ3v) is 1.33. The summed E-state index contributed by atoms with van der Waals surface area (Å²) in [5, 5.41) is 0. The van der Waals surface area contributed by atoms with E-state index in [0.29, 0.717) is 9.13 Å². The zero-order valence-corrected chi connectivity index (χ0v) is 3.46. The minimum Gasteiger partial charge on any atom is -0.0809 e. The van der Waals surface area contributed by atoms with Crippen molar-refractivity contribution in [2.75, 3.05) is 0 Å². The number of hydrogen-bond donors (Lipinski definition) is 0. The molecule has 0 aliphatic carbocycles. The van der Waals surface area contributed by atoms with Gasteiger partial charge in [-0.25, -0.2) is 0 Å². The molecule has 5 heavy (non-hydrogen) atoms. The van der Waals surface area contributed by atoms with Crippen molar-refractivity contribution in [2.45, 2.75) is 7.43 Å². The second-order valence-corrected chi connectivity index (χ2v) is 1.92. The fraction of sp³-hybridized carbons (Fsp3) is 0.250. The van der Waals surface area contributed by atoms with Crippen LogP contribution in [0.3, 0.4) is 0 Å². The van der Waals surface area contributed by atoms with Gasteiger partial charge in [0.1, 0.15) is 0 Å². The highest BCUT2D eigenvalue weighted by atomic mass is 28.2. The Balaban J connectivity index is 0.000000160. The van der Waals surface area contributed by atoms with Crippen LogP contribution in [-0.4, -0.2) is 14.8 Å². The molecule has 0 bridgehead atoms. The van der Waals surface area contributed by atoms with Crippen LogP contribution >= 0.6 is 0 Å². The minimum absolute atomic E-state index is 0. The topological polar surface area (TPSA) is 0 Å². The van der Waals surface area contributed by atoms with Crippen molar-refractivity contribution in [1.82, 2.24) is 0 Å². The van der Waals surface area contributed by atoms with Gasteiger partial charge in [0.2, 0.25) is 0 Å². The van der Waals surface area contributed by atoms with Gasteiger partial charge in [0.25, 0.3) is 0 Å². The predicted octanol–water partition coefficient (Wildman–Crippen LogP) is 0.389. The van der Waals surface area contributed by atoms with Crippen molar-refractivity contribution < 1.29 is 0 Å². The largest absolute Gasteiger partial charge is 0.0809 e. The Morgan fingerprint density at radius 2 is 1.60 bits per heavy atom. The average molecular weight is 84.2 g/mol. The Morgan fingerprint density at radius 3 is 1.60 bits per heavy atom. The summed E-state index contributed by atoms with van der Waals surface area (Å²) in [6, 6.07) is 0. The second-order valence-electron chi connectivity index (χ2n) is 0.770. The molecule has 0 N–H and O–H groups in total. The van der Waals surface area contributed by atoms with Crippen molar-refractivity contribution >= 4 is 14.8 Å². The Labute approximate surface area is 35.0 Å². The van der Waals surface area contributed by atoms with E-state index in [9.17, 15) is 0 Å². The van der Waals surface area contributed by atoms with Crippen LogP contribution in [0.2, 0.25) is 0 Å². The lowest BCUT2D eigenvalue weighted by molar-refractivity contribution is 2.37. The molecule has 0 unspecified atom stereocenters. The highest BCUT2D eigenvalue weighted by Crippen LogP contribution is 1.65. The summed E-state index contributed by atoms with van der Waals surface area (Å²) < 4.78 is 0. The molecule has 1 aliphatic rings. The summed E-state index contributed by atoms with van der Waals surface area (Å²) in [7, 11) is 0.657. The summed E-state index contributed by atoms with van der Waals surface area (Å²) in [6.07, 6.45) is 2.09. The maximum atomic E-state index is 2.21. The van der Waals surface area contributed by atoms with Gasteiger partial charge in [0.05, 0.1) is 0 Å². The van der Waals surface area contributed by atoms with E-state index < -0.39 is 0 Å². The molecule has 0 aromatic carbocycles. The summed E-state index contributed by atoms with van der Waals surface area (Å²) in [5.74, 6) is 0. The summed E-state index contributed by atoms with van der Waals surface area (Å²) in [5.41, 5.74) is 4.42. The van der Waals surface area contributed by atoms with Gasteiger partial charge >= 0.3 is 0 Å². The Morgan fingerprint density at radius 1 is 1.40 bits per heavy atom. The highest BCUT2D eigenvalue weighted by molar-refractivity contribution is 6.59. The van der Waals surface area contributed by atoms with Crippen molar-refractivity contribution in [3.63, 3.8) is 0 Å². The van der Waals surface area contributed by atoms with Gasteiger partial charge in [-0.3, -0.25) is 0 Å². The van der Waals surface area contributed by atoms with Crippen LogP contribution in [0.5, 0.6) is 0 Å². The van der Waals surface area contributed by atoms with E-state index in [-0.39, 0.29) is 7.43 Å². The fourth-order valence-electron chi connectivity index (χ4n) is 0.111. The molecule has 0 saturated heterocycles. The van der Waals surface area contributed by atoms with E-state index in [1.54, 1.807) is 0 Å². The molecule has 0 nitrogen and oxygen atoms in total. The quantitative estimate of drug-likeness (QED) is 0.372. The fourth-order valence-corrected chi connectivity index (χ4v) is 0.333. The monoisotopic (exact) mass is 84.0 g/mol. The smallest absolute Gasteiger partial charge is 0.0197 e. The minimum atomic E-state index is 0. The van der Waals surface area contributed by atoms with Crippen molar-refractivity contribution in [3.05, 3.63) is 11.8 Å². The summed E-state index contributed by atoms with van der Waals surface area (Å²) in [4.78, 5) is 0. The SMILES string of the molecule is C.C1=C[SiH]=C1.